The van der Waals surface area contributed by atoms with Crippen molar-refractivity contribution in [2.24, 2.45) is 4.99 Å². The minimum Gasteiger partial charge on any atom is -0.377 e. The van der Waals surface area contributed by atoms with Gasteiger partial charge in [0, 0.05) is 31.0 Å². The molecule has 0 aliphatic heterocycles. The summed E-state index contributed by atoms with van der Waals surface area (Å²) in [6.45, 7) is 10.7. The second-order valence-electron chi connectivity index (χ2n) is 5.46. The number of hydrogen-bond donors (Lipinski definition) is 2. The largest absolute Gasteiger partial charge is 0.377 e. The Morgan fingerprint density at radius 2 is 2.20 bits per heavy atom. The Bertz CT molecular complexity index is 401. The van der Waals surface area contributed by atoms with Crippen molar-refractivity contribution in [3.05, 3.63) is 22.4 Å². The lowest BCUT2D eigenvalue weighted by molar-refractivity contribution is 0.0310. The minimum atomic E-state index is -0.234. The van der Waals surface area contributed by atoms with Crippen LogP contribution in [0, 0.1) is 0 Å². The smallest absolute Gasteiger partial charge is 0.191 e. The molecule has 2 N–H and O–H groups in total. The fourth-order valence-electron chi connectivity index (χ4n) is 1.60. The van der Waals surface area contributed by atoms with E-state index in [0.717, 1.165) is 19.0 Å². The summed E-state index contributed by atoms with van der Waals surface area (Å²) in [5.74, 6) is 1.33. The van der Waals surface area contributed by atoms with Crippen LogP contribution in [0.3, 0.4) is 0 Å². The quantitative estimate of drug-likeness (QED) is 0.601. The molecule has 0 aromatic carbocycles. The van der Waals surface area contributed by atoms with Crippen molar-refractivity contribution in [2.45, 2.75) is 39.2 Å². The maximum atomic E-state index is 5.39. The number of rotatable bonds is 7. The second-order valence-corrected chi connectivity index (χ2v) is 6.44. The van der Waals surface area contributed by atoms with Crippen LogP contribution in [0.1, 0.15) is 38.5 Å². The maximum Gasteiger partial charge on any atom is 0.191 e. The maximum absolute atomic E-state index is 5.39. The van der Waals surface area contributed by atoms with Gasteiger partial charge in [-0.15, -0.1) is 11.3 Å². The molecule has 0 fully saturated rings. The standard InChI is InChI=1S/C15H27N3OS/c1-6-16-14(18-11-15(3,4)19-5)17-10-12(2)13-8-7-9-20-13/h7-9,12H,6,10-11H2,1-5H3,(H2,16,17,18). The molecule has 0 radical (unpaired) electrons. The number of aliphatic imine (C=N–C) groups is 1. The van der Waals surface area contributed by atoms with E-state index in [1.54, 1.807) is 18.4 Å². The fraction of sp³-hybridized carbons (Fsp3) is 0.667. The van der Waals surface area contributed by atoms with Crippen LogP contribution in [0.2, 0.25) is 0 Å². The first kappa shape index (κ1) is 17.0. The SMILES string of the molecule is CCNC(=NCC(C)(C)OC)NCC(C)c1cccs1. The molecule has 0 aliphatic rings. The fourth-order valence-corrected chi connectivity index (χ4v) is 2.38. The Kier molecular flexibility index (Phi) is 7.02. The molecule has 114 valence electrons. The molecule has 1 aromatic heterocycles. The van der Waals surface area contributed by atoms with Crippen LogP contribution in [-0.2, 0) is 4.74 Å². The van der Waals surface area contributed by atoms with Crippen molar-refractivity contribution >= 4 is 17.3 Å². The van der Waals surface area contributed by atoms with Crippen molar-refractivity contribution in [3.8, 4) is 0 Å². The Balaban J connectivity index is 2.52. The van der Waals surface area contributed by atoms with Gasteiger partial charge < -0.3 is 15.4 Å². The zero-order valence-electron chi connectivity index (χ0n) is 13.2. The Morgan fingerprint density at radius 1 is 1.45 bits per heavy atom. The molecule has 20 heavy (non-hydrogen) atoms. The molecule has 0 bridgehead atoms. The van der Waals surface area contributed by atoms with Crippen LogP contribution in [0.5, 0.6) is 0 Å². The molecule has 4 nitrogen and oxygen atoms in total. The summed E-state index contributed by atoms with van der Waals surface area (Å²) in [6.07, 6.45) is 0. The third-order valence-electron chi connectivity index (χ3n) is 3.12. The zero-order chi connectivity index (χ0) is 15.0. The number of methoxy groups -OCH3 is 1. The summed E-state index contributed by atoms with van der Waals surface area (Å²) in [5.41, 5.74) is -0.234. The molecular formula is C15H27N3OS. The summed E-state index contributed by atoms with van der Waals surface area (Å²) in [6, 6.07) is 4.27. The molecule has 1 aromatic rings. The van der Waals surface area contributed by atoms with Crippen molar-refractivity contribution in [1.29, 1.82) is 0 Å². The van der Waals surface area contributed by atoms with E-state index in [4.69, 9.17) is 4.74 Å². The van der Waals surface area contributed by atoms with Gasteiger partial charge in [0.05, 0.1) is 12.1 Å². The van der Waals surface area contributed by atoms with Gasteiger partial charge >= 0.3 is 0 Å². The molecule has 5 heteroatoms. The lowest BCUT2D eigenvalue weighted by atomic mass is 10.1. The van der Waals surface area contributed by atoms with Crippen molar-refractivity contribution in [3.63, 3.8) is 0 Å². The summed E-state index contributed by atoms with van der Waals surface area (Å²) >= 11 is 1.80. The van der Waals surface area contributed by atoms with E-state index in [1.807, 2.05) is 13.8 Å². The normalized spacial score (nSPS) is 14.2. The predicted octanol–water partition coefficient (Wildman–Crippen LogP) is 2.83. The highest BCUT2D eigenvalue weighted by Crippen LogP contribution is 2.19. The highest BCUT2D eigenvalue weighted by molar-refractivity contribution is 7.10. The van der Waals surface area contributed by atoms with Crippen LogP contribution in [-0.4, -0.2) is 38.3 Å². The average molecular weight is 297 g/mol. The van der Waals surface area contributed by atoms with Crippen LogP contribution >= 0.6 is 11.3 Å². The number of thiophene rings is 1. The average Bonchev–Trinajstić information content (AvgIpc) is 2.96. The lowest BCUT2D eigenvalue weighted by Gasteiger charge is -2.21. The monoisotopic (exact) mass is 297 g/mol. The van der Waals surface area contributed by atoms with E-state index in [1.165, 1.54) is 4.88 Å². The zero-order valence-corrected chi connectivity index (χ0v) is 14.0. The number of hydrogen-bond acceptors (Lipinski definition) is 3. The summed E-state index contributed by atoms with van der Waals surface area (Å²) in [4.78, 5) is 5.98. The van der Waals surface area contributed by atoms with Gasteiger partial charge in [0.25, 0.3) is 0 Å². The first-order valence-corrected chi connectivity index (χ1v) is 7.97. The highest BCUT2D eigenvalue weighted by atomic mass is 32.1. The van der Waals surface area contributed by atoms with Gasteiger partial charge in [-0.1, -0.05) is 13.0 Å². The van der Waals surface area contributed by atoms with E-state index in [2.05, 4.69) is 47.0 Å². The summed E-state index contributed by atoms with van der Waals surface area (Å²) in [5, 5.41) is 8.78. The van der Waals surface area contributed by atoms with Crippen LogP contribution < -0.4 is 10.6 Å². The Labute approximate surface area is 126 Å². The molecule has 0 saturated heterocycles. The third-order valence-corrected chi connectivity index (χ3v) is 4.22. The number of nitrogens with one attached hydrogen (secondary N) is 2. The van der Waals surface area contributed by atoms with Crippen LogP contribution in [0.15, 0.2) is 22.5 Å². The van der Waals surface area contributed by atoms with E-state index in [0.29, 0.717) is 12.5 Å². The van der Waals surface area contributed by atoms with Gasteiger partial charge in [0.2, 0.25) is 0 Å². The summed E-state index contributed by atoms with van der Waals surface area (Å²) < 4.78 is 5.39. The van der Waals surface area contributed by atoms with Gasteiger partial charge in [-0.05, 0) is 32.2 Å². The topological polar surface area (TPSA) is 45.7 Å². The van der Waals surface area contributed by atoms with E-state index in [-0.39, 0.29) is 5.60 Å². The second kappa shape index (κ2) is 8.27. The Hall–Kier alpha value is -1.07. The summed E-state index contributed by atoms with van der Waals surface area (Å²) in [7, 11) is 1.72. The van der Waals surface area contributed by atoms with Crippen molar-refractivity contribution < 1.29 is 4.74 Å². The van der Waals surface area contributed by atoms with E-state index < -0.39 is 0 Å². The number of ether oxygens (including phenoxy) is 1. The van der Waals surface area contributed by atoms with Gasteiger partial charge in [-0.2, -0.15) is 0 Å². The molecule has 0 saturated carbocycles. The molecule has 0 amide bonds. The molecule has 0 aliphatic carbocycles. The first-order chi connectivity index (χ1) is 9.48. The molecule has 1 heterocycles. The number of nitrogens with zero attached hydrogens (tertiary/aromatic N) is 1. The lowest BCUT2D eigenvalue weighted by Crippen LogP contribution is -2.40. The minimum absolute atomic E-state index is 0.234. The predicted molar refractivity (Wildman–Crippen MR) is 87.8 cm³/mol. The highest BCUT2D eigenvalue weighted by Gasteiger charge is 2.16. The van der Waals surface area contributed by atoms with Crippen LogP contribution in [0.25, 0.3) is 0 Å². The van der Waals surface area contributed by atoms with E-state index in [9.17, 15) is 0 Å². The number of guanidine groups is 1. The van der Waals surface area contributed by atoms with Gasteiger partial charge in [-0.3, -0.25) is 4.99 Å². The molecule has 1 unspecified atom stereocenters. The van der Waals surface area contributed by atoms with E-state index >= 15 is 0 Å². The van der Waals surface area contributed by atoms with Crippen LogP contribution in [0.4, 0.5) is 0 Å². The van der Waals surface area contributed by atoms with Gasteiger partial charge in [0.15, 0.2) is 5.96 Å². The van der Waals surface area contributed by atoms with Crippen molar-refractivity contribution in [1.82, 2.24) is 10.6 Å². The van der Waals surface area contributed by atoms with Crippen molar-refractivity contribution in [2.75, 3.05) is 26.7 Å². The molecule has 1 atom stereocenters. The third kappa shape index (κ3) is 5.92. The Morgan fingerprint density at radius 3 is 2.75 bits per heavy atom. The van der Waals surface area contributed by atoms with Gasteiger partial charge in [0.1, 0.15) is 0 Å². The molecular weight excluding hydrogens is 270 g/mol. The first-order valence-electron chi connectivity index (χ1n) is 7.09. The molecule has 1 rings (SSSR count). The molecule has 0 spiro atoms. The van der Waals surface area contributed by atoms with Gasteiger partial charge in [-0.25, -0.2) is 0 Å².